The van der Waals surface area contributed by atoms with E-state index in [0.29, 0.717) is 5.56 Å². The predicted molar refractivity (Wildman–Crippen MR) is 51.0 cm³/mol. The lowest BCUT2D eigenvalue weighted by Gasteiger charge is -1.95. The summed E-state index contributed by atoms with van der Waals surface area (Å²) in [6, 6.07) is 3.31. The number of thiazole rings is 1. The minimum Gasteiger partial charge on any atom is -0.258 e. The Morgan fingerprint density at radius 3 is 3.00 bits per heavy atom. The van der Waals surface area contributed by atoms with Crippen molar-refractivity contribution in [3.8, 4) is 0 Å². The summed E-state index contributed by atoms with van der Waals surface area (Å²) in [5.74, 6) is 0. The second kappa shape index (κ2) is 2.77. The third-order valence-corrected chi connectivity index (χ3v) is 2.64. The number of hydrogen-bond acceptors (Lipinski definition) is 4. The van der Waals surface area contributed by atoms with Crippen LogP contribution in [0, 0.1) is 17.0 Å². The summed E-state index contributed by atoms with van der Waals surface area (Å²) in [5.41, 5.74) is 3.33. The molecule has 0 amide bonds. The molecule has 0 bridgehead atoms. The van der Waals surface area contributed by atoms with Crippen molar-refractivity contribution in [2.75, 3.05) is 0 Å². The second-order valence-corrected chi connectivity index (χ2v) is 3.60. The molecule has 2 rings (SSSR count). The topological polar surface area (TPSA) is 56.0 Å². The minimum absolute atomic E-state index is 0.164. The van der Waals surface area contributed by atoms with Crippen LogP contribution in [0.5, 0.6) is 0 Å². The average molecular weight is 194 g/mol. The maximum Gasteiger partial charge on any atom is 0.273 e. The first-order chi connectivity index (χ1) is 6.18. The predicted octanol–water partition coefficient (Wildman–Crippen LogP) is 2.51. The highest BCUT2D eigenvalue weighted by molar-refractivity contribution is 7.16. The molecule has 66 valence electrons. The molecular weight excluding hydrogens is 188 g/mol. The Bertz CT molecular complexity index is 478. The van der Waals surface area contributed by atoms with E-state index in [0.717, 1.165) is 10.2 Å². The first-order valence-electron chi connectivity index (χ1n) is 3.67. The van der Waals surface area contributed by atoms with Gasteiger partial charge in [0.05, 0.1) is 20.7 Å². The Morgan fingerprint density at radius 2 is 2.31 bits per heavy atom. The zero-order valence-corrected chi connectivity index (χ0v) is 7.67. The smallest absolute Gasteiger partial charge is 0.258 e. The zero-order chi connectivity index (χ0) is 9.42. The lowest BCUT2D eigenvalue weighted by Crippen LogP contribution is -1.90. The van der Waals surface area contributed by atoms with Crippen molar-refractivity contribution in [2.45, 2.75) is 6.92 Å². The molecule has 0 aliphatic carbocycles. The van der Waals surface area contributed by atoms with Crippen molar-refractivity contribution in [1.29, 1.82) is 0 Å². The number of fused-ring (bicyclic) bond motifs is 1. The molecule has 0 saturated carbocycles. The molecule has 4 nitrogen and oxygen atoms in total. The minimum atomic E-state index is -0.367. The van der Waals surface area contributed by atoms with Gasteiger partial charge in [0, 0.05) is 11.6 Å². The van der Waals surface area contributed by atoms with Gasteiger partial charge in [-0.05, 0) is 13.0 Å². The molecule has 0 atom stereocenters. The molecule has 5 heteroatoms. The molecule has 0 unspecified atom stereocenters. The Labute approximate surface area is 78.0 Å². The standard InChI is InChI=1S/C8H6N2O2S/c1-5-2-6-8(13-4-9-6)3-7(5)10(11)12/h2-4H,1H3. The monoisotopic (exact) mass is 194 g/mol. The molecule has 0 aliphatic heterocycles. The van der Waals surface area contributed by atoms with Gasteiger partial charge in [-0.15, -0.1) is 11.3 Å². The second-order valence-electron chi connectivity index (χ2n) is 2.72. The summed E-state index contributed by atoms with van der Waals surface area (Å²) in [5, 5.41) is 10.6. The van der Waals surface area contributed by atoms with Gasteiger partial charge in [-0.3, -0.25) is 10.1 Å². The van der Waals surface area contributed by atoms with Gasteiger partial charge in [0.1, 0.15) is 0 Å². The summed E-state index contributed by atoms with van der Waals surface area (Å²) < 4.78 is 0.859. The summed E-state index contributed by atoms with van der Waals surface area (Å²) >= 11 is 1.41. The lowest BCUT2D eigenvalue weighted by atomic mass is 10.2. The number of nitro groups is 1. The van der Waals surface area contributed by atoms with E-state index in [1.807, 2.05) is 0 Å². The third-order valence-electron chi connectivity index (χ3n) is 1.85. The molecule has 0 fully saturated rings. The van der Waals surface area contributed by atoms with Gasteiger partial charge in [-0.2, -0.15) is 0 Å². The molecule has 0 radical (unpaired) electrons. The van der Waals surface area contributed by atoms with Gasteiger partial charge < -0.3 is 0 Å². The lowest BCUT2D eigenvalue weighted by molar-refractivity contribution is -0.385. The Hall–Kier alpha value is -1.49. The van der Waals surface area contributed by atoms with Crippen molar-refractivity contribution in [3.63, 3.8) is 0 Å². The van der Waals surface area contributed by atoms with Crippen LogP contribution in [-0.2, 0) is 0 Å². The van der Waals surface area contributed by atoms with Crippen LogP contribution in [0.25, 0.3) is 10.2 Å². The highest BCUT2D eigenvalue weighted by atomic mass is 32.1. The van der Waals surface area contributed by atoms with Crippen molar-refractivity contribution in [2.24, 2.45) is 0 Å². The quantitative estimate of drug-likeness (QED) is 0.517. The van der Waals surface area contributed by atoms with Gasteiger partial charge >= 0.3 is 0 Å². The van der Waals surface area contributed by atoms with E-state index in [9.17, 15) is 10.1 Å². The maximum atomic E-state index is 10.6. The van der Waals surface area contributed by atoms with Crippen LogP contribution in [0.2, 0.25) is 0 Å². The molecule has 1 heterocycles. The first kappa shape index (κ1) is 8.12. The molecule has 1 aromatic carbocycles. The largest absolute Gasteiger partial charge is 0.273 e. The van der Waals surface area contributed by atoms with E-state index in [2.05, 4.69) is 4.98 Å². The summed E-state index contributed by atoms with van der Waals surface area (Å²) in [4.78, 5) is 14.3. The molecule has 1 aromatic heterocycles. The van der Waals surface area contributed by atoms with Crippen LogP contribution < -0.4 is 0 Å². The van der Waals surface area contributed by atoms with Crippen LogP contribution in [0.15, 0.2) is 17.6 Å². The van der Waals surface area contributed by atoms with Crippen LogP contribution in [0.1, 0.15) is 5.56 Å². The summed E-state index contributed by atoms with van der Waals surface area (Å²) in [6.45, 7) is 1.72. The van der Waals surface area contributed by atoms with E-state index in [-0.39, 0.29) is 10.6 Å². The summed E-state index contributed by atoms with van der Waals surface area (Å²) in [7, 11) is 0. The summed E-state index contributed by atoms with van der Waals surface area (Å²) in [6.07, 6.45) is 0. The van der Waals surface area contributed by atoms with E-state index in [1.54, 1.807) is 24.6 Å². The fourth-order valence-electron chi connectivity index (χ4n) is 1.19. The maximum absolute atomic E-state index is 10.6. The molecule has 0 aliphatic rings. The van der Waals surface area contributed by atoms with Crippen LogP contribution >= 0.6 is 11.3 Å². The van der Waals surface area contributed by atoms with Gasteiger partial charge in [0.25, 0.3) is 5.69 Å². The van der Waals surface area contributed by atoms with E-state index < -0.39 is 0 Å². The highest BCUT2D eigenvalue weighted by Crippen LogP contribution is 2.26. The number of hydrogen-bond donors (Lipinski definition) is 0. The van der Waals surface area contributed by atoms with E-state index >= 15 is 0 Å². The average Bonchev–Trinajstić information content (AvgIpc) is 2.48. The normalized spacial score (nSPS) is 10.5. The van der Waals surface area contributed by atoms with Crippen molar-refractivity contribution in [3.05, 3.63) is 33.3 Å². The van der Waals surface area contributed by atoms with E-state index in [4.69, 9.17) is 0 Å². The zero-order valence-electron chi connectivity index (χ0n) is 6.85. The molecule has 0 N–H and O–H groups in total. The van der Waals surface area contributed by atoms with Gasteiger partial charge in [0.15, 0.2) is 0 Å². The first-order valence-corrected chi connectivity index (χ1v) is 4.54. The molecule has 2 aromatic rings. The van der Waals surface area contributed by atoms with Crippen molar-refractivity contribution in [1.82, 2.24) is 4.98 Å². The number of benzene rings is 1. The fraction of sp³-hybridized carbons (Fsp3) is 0.125. The Kier molecular flexibility index (Phi) is 1.73. The Balaban J connectivity index is 2.76. The number of rotatable bonds is 1. The molecule has 13 heavy (non-hydrogen) atoms. The van der Waals surface area contributed by atoms with Crippen molar-refractivity contribution < 1.29 is 4.92 Å². The van der Waals surface area contributed by atoms with Crippen molar-refractivity contribution >= 4 is 27.2 Å². The Morgan fingerprint density at radius 1 is 1.54 bits per heavy atom. The van der Waals surface area contributed by atoms with Gasteiger partial charge in [0.2, 0.25) is 0 Å². The third kappa shape index (κ3) is 1.27. The van der Waals surface area contributed by atoms with Crippen LogP contribution in [0.4, 0.5) is 5.69 Å². The molecular formula is C8H6N2O2S. The van der Waals surface area contributed by atoms with Gasteiger partial charge in [-0.1, -0.05) is 0 Å². The van der Waals surface area contributed by atoms with Crippen LogP contribution in [-0.4, -0.2) is 9.91 Å². The highest BCUT2D eigenvalue weighted by Gasteiger charge is 2.12. The van der Waals surface area contributed by atoms with Gasteiger partial charge in [-0.25, -0.2) is 4.98 Å². The number of aromatic nitrogens is 1. The fourth-order valence-corrected chi connectivity index (χ4v) is 1.89. The SMILES string of the molecule is Cc1cc2ncsc2cc1[N+](=O)[O-]. The van der Waals surface area contributed by atoms with E-state index in [1.165, 1.54) is 11.3 Å². The van der Waals surface area contributed by atoms with Crippen LogP contribution in [0.3, 0.4) is 0 Å². The molecule has 0 saturated heterocycles. The number of nitro benzene ring substituents is 1. The molecule has 0 spiro atoms. The number of aryl methyl sites for hydroxylation is 1. The number of nitrogens with zero attached hydrogens (tertiary/aromatic N) is 2.